The van der Waals surface area contributed by atoms with Crippen molar-refractivity contribution < 1.29 is 4.79 Å². The second-order valence-corrected chi connectivity index (χ2v) is 7.95. The van der Waals surface area contributed by atoms with Gasteiger partial charge in [-0.2, -0.15) is 5.26 Å². The number of carbonyl (C=O) groups excluding carboxylic acids is 1. The lowest BCUT2D eigenvalue weighted by Crippen LogP contribution is -2.13. The highest BCUT2D eigenvalue weighted by atomic mass is 79.9. The summed E-state index contributed by atoms with van der Waals surface area (Å²) in [5.41, 5.74) is 7.08. The van der Waals surface area contributed by atoms with E-state index in [-0.39, 0.29) is 5.57 Å². The fourth-order valence-electron chi connectivity index (χ4n) is 3.50. The summed E-state index contributed by atoms with van der Waals surface area (Å²) in [7, 11) is 0. The molecule has 3 rings (SSSR count). The fourth-order valence-corrected chi connectivity index (χ4v) is 3.90. The highest BCUT2D eigenvalue weighted by Crippen LogP contribution is 2.27. The van der Waals surface area contributed by atoms with Gasteiger partial charge in [0.1, 0.15) is 11.6 Å². The first kappa shape index (κ1) is 20.6. The zero-order valence-corrected chi connectivity index (χ0v) is 18.5. The van der Waals surface area contributed by atoms with Crippen LogP contribution in [0.5, 0.6) is 0 Å². The summed E-state index contributed by atoms with van der Waals surface area (Å²) in [4.78, 5) is 12.6. The zero-order valence-electron chi connectivity index (χ0n) is 16.9. The Balaban J connectivity index is 1.99. The molecule has 0 spiro atoms. The van der Waals surface area contributed by atoms with Crippen LogP contribution in [0.1, 0.15) is 28.1 Å². The summed E-state index contributed by atoms with van der Waals surface area (Å²) in [6.07, 6.45) is 1.65. The first-order chi connectivity index (χ1) is 13.8. The highest BCUT2D eigenvalue weighted by Gasteiger charge is 2.16. The Morgan fingerprint density at radius 3 is 2.34 bits per heavy atom. The van der Waals surface area contributed by atoms with E-state index in [2.05, 4.69) is 51.8 Å². The third kappa shape index (κ3) is 4.33. The maximum absolute atomic E-state index is 12.6. The smallest absolute Gasteiger partial charge is 0.266 e. The van der Waals surface area contributed by atoms with Gasteiger partial charge in [0.05, 0.1) is 5.69 Å². The Hall–Kier alpha value is -3.10. The third-order valence-corrected chi connectivity index (χ3v) is 5.37. The van der Waals surface area contributed by atoms with E-state index in [0.717, 1.165) is 27.1 Å². The van der Waals surface area contributed by atoms with Crippen LogP contribution in [0, 0.1) is 39.0 Å². The summed E-state index contributed by atoms with van der Waals surface area (Å²) in [5, 5.41) is 12.3. The van der Waals surface area contributed by atoms with E-state index in [1.54, 1.807) is 18.2 Å². The van der Waals surface area contributed by atoms with Crippen molar-refractivity contribution in [2.24, 2.45) is 0 Å². The van der Waals surface area contributed by atoms with Gasteiger partial charge in [0.25, 0.3) is 5.91 Å². The van der Waals surface area contributed by atoms with Crippen molar-refractivity contribution in [2.75, 3.05) is 5.32 Å². The topological polar surface area (TPSA) is 57.8 Å². The summed E-state index contributed by atoms with van der Waals surface area (Å²) in [6, 6.07) is 17.5. The average molecular weight is 448 g/mol. The van der Waals surface area contributed by atoms with Crippen LogP contribution in [0.3, 0.4) is 0 Å². The number of hydrogen-bond donors (Lipinski definition) is 1. The molecule has 0 atom stereocenters. The maximum Gasteiger partial charge on any atom is 0.266 e. The van der Waals surface area contributed by atoms with Gasteiger partial charge in [-0.15, -0.1) is 0 Å². The molecule has 1 N–H and O–H groups in total. The van der Waals surface area contributed by atoms with Crippen LogP contribution in [0.4, 0.5) is 5.69 Å². The molecule has 0 saturated heterocycles. The number of para-hydroxylation sites is 1. The molecule has 5 heteroatoms. The van der Waals surface area contributed by atoms with Crippen molar-refractivity contribution in [1.82, 2.24) is 4.57 Å². The Kier molecular flexibility index (Phi) is 6.05. The van der Waals surface area contributed by atoms with Gasteiger partial charge in [-0.05, 0) is 74.7 Å². The fraction of sp³-hybridized carbons (Fsp3) is 0.167. The lowest BCUT2D eigenvalue weighted by molar-refractivity contribution is -0.112. The molecule has 3 aromatic rings. The molecule has 146 valence electrons. The Morgan fingerprint density at radius 2 is 1.72 bits per heavy atom. The van der Waals surface area contributed by atoms with Crippen molar-refractivity contribution in [2.45, 2.75) is 27.7 Å². The minimum Gasteiger partial charge on any atom is -0.321 e. The average Bonchev–Trinajstić information content (AvgIpc) is 2.93. The summed E-state index contributed by atoms with van der Waals surface area (Å²) in [6.45, 7) is 8.21. The van der Waals surface area contributed by atoms with E-state index in [0.29, 0.717) is 5.69 Å². The number of carbonyl (C=O) groups is 1. The number of aryl methyl sites for hydroxylation is 3. The molecular formula is C24H22BrN3O. The van der Waals surface area contributed by atoms with Gasteiger partial charge in [-0.3, -0.25) is 4.79 Å². The van der Waals surface area contributed by atoms with Crippen molar-refractivity contribution in [1.29, 1.82) is 5.26 Å². The van der Waals surface area contributed by atoms with Crippen molar-refractivity contribution in [3.05, 3.63) is 86.7 Å². The zero-order chi connectivity index (χ0) is 21.1. The first-order valence-electron chi connectivity index (χ1n) is 9.26. The van der Waals surface area contributed by atoms with E-state index < -0.39 is 5.91 Å². The molecule has 0 radical (unpaired) electrons. The van der Waals surface area contributed by atoms with E-state index >= 15 is 0 Å². The molecule has 2 aromatic carbocycles. The van der Waals surface area contributed by atoms with E-state index in [1.807, 2.05) is 44.2 Å². The standard InChI is InChI=1S/C24H22BrN3O/c1-15-7-5-8-16(2)23(15)28-17(3)11-19(18(28)4)12-20(14-26)24(29)27-22-10-6-9-21(25)13-22/h5-13H,1-4H3,(H,27,29)/b20-12-. The van der Waals surface area contributed by atoms with E-state index in [1.165, 1.54) is 11.1 Å². The van der Waals surface area contributed by atoms with Crippen LogP contribution in [-0.2, 0) is 4.79 Å². The van der Waals surface area contributed by atoms with E-state index in [9.17, 15) is 10.1 Å². The van der Waals surface area contributed by atoms with Crippen LogP contribution in [-0.4, -0.2) is 10.5 Å². The van der Waals surface area contributed by atoms with E-state index in [4.69, 9.17) is 0 Å². The molecule has 0 aliphatic carbocycles. The van der Waals surface area contributed by atoms with Crippen molar-refractivity contribution in [3.63, 3.8) is 0 Å². The summed E-state index contributed by atoms with van der Waals surface area (Å²) < 4.78 is 3.03. The van der Waals surface area contributed by atoms with Gasteiger partial charge in [-0.25, -0.2) is 0 Å². The molecule has 4 nitrogen and oxygen atoms in total. The van der Waals surface area contributed by atoms with Crippen LogP contribution < -0.4 is 5.32 Å². The number of nitrogens with zero attached hydrogens (tertiary/aromatic N) is 2. The Labute approximate surface area is 179 Å². The summed E-state index contributed by atoms with van der Waals surface area (Å²) >= 11 is 3.38. The van der Waals surface area contributed by atoms with Gasteiger partial charge in [-0.1, -0.05) is 40.2 Å². The number of benzene rings is 2. The Morgan fingerprint density at radius 1 is 1.07 bits per heavy atom. The number of hydrogen-bond acceptors (Lipinski definition) is 2. The molecule has 0 fully saturated rings. The number of nitriles is 1. The van der Waals surface area contributed by atoms with Crippen LogP contribution in [0.2, 0.25) is 0 Å². The van der Waals surface area contributed by atoms with Crippen molar-refractivity contribution in [3.8, 4) is 11.8 Å². The predicted octanol–water partition coefficient (Wildman–Crippen LogP) is 6.02. The maximum atomic E-state index is 12.6. The van der Waals surface area contributed by atoms with Crippen molar-refractivity contribution >= 4 is 33.6 Å². The SMILES string of the molecule is Cc1cccc(C)c1-n1c(C)cc(/C=C(/C#N)C(=O)Nc2cccc(Br)c2)c1C. The monoisotopic (exact) mass is 447 g/mol. The lowest BCUT2D eigenvalue weighted by Gasteiger charge is -2.15. The molecule has 29 heavy (non-hydrogen) atoms. The normalized spacial score (nSPS) is 11.2. The van der Waals surface area contributed by atoms with Crippen LogP contribution in [0.15, 0.2) is 58.6 Å². The van der Waals surface area contributed by atoms with Crippen LogP contribution >= 0.6 is 15.9 Å². The number of nitrogens with one attached hydrogen (secondary N) is 1. The lowest BCUT2D eigenvalue weighted by atomic mass is 10.1. The number of amides is 1. The molecule has 0 aliphatic heterocycles. The first-order valence-corrected chi connectivity index (χ1v) is 10.1. The predicted molar refractivity (Wildman–Crippen MR) is 121 cm³/mol. The molecule has 1 amide bonds. The van der Waals surface area contributed by atoms with Gasteiger partial charge in [0, 0.05) is 21.5 Å². The second kappa shape index (κ2) is 8.50. The molecule has 0 bridgehead atoms. The number of anilines is 1. The quantitative estimate of drug-likeness (QED) is 0.392. The summed E-state index contributed by atoms with van der Waals surface area (Å²) in [5.74, 6) is -0.428. The minimum absolute atomic E-state index is 0.0618. The van der Waals surface area contributed by atoms with Crippen LogP contribution in [0.25, 0.3) is 11.8 Å². The molecular weight excluding hydrogens is 426 g/mol. The number of aromatic nitrogens is 1. The number of halogens is 1. The molecule has 1 aromatic heterocycles. The van der Waals surface area contributed by atoms with Gasteiger partial charge >= 0.3 is 0 Å². The third-order valence-electron chi connectivity index (χ3n) is 4.88. The Bertz CT molecular complexity index is 1150. The largest absolute Gasteiger partial charge is 0.321 e. The van der Waals surface area contributed by atoms with Gasteiger partial charge < -0.3 is 9.88 Å². The molecule has 0 saturated carbocycles. The minimum atomic E-state index is -0.428. The van der Waals surface area contributed by atoms with Gasteiger partial charge in [0.15, 0.2) is 0 Å². The molecule has 0 aliphatic rings. The van der Waals surface area contributed by atoms with Gasteiger partial charge in [0.2, 0.25) is 0 Å². The second-order valence-electron chi connectivity index (χ2n) is 7.04. The molecule has 0 unspecified atom stereocenters. The highest BCUT2D eigenvalue weighted by molar-refractivity contribution is 9.10. The molecule has 1 heterocycles. The number of rotatable bonds is 4.